The number of aromatic nitrogens is 2. The van der Waals surface area contributed by atoms with Crippen LogP contribution in [0.15, 0.2) is 28.7 Å². The van der Waals surface area contributed by atoms with Crippen LogP contribution in [0.3, 0.4) is 0 Å². The fourth-order valence-corrected chi connectivity index (χ4v) is 5.47. The number of rotatable bonds is 6. The normalized spacial score (nSPS) is 17.7. The second-order valence-electron chi connectivity index (χ2n) is 6.11. The number of esters is 1. The molecule has 2 aromatic rings. The number of nitrogens with zero attached hydrogens (tertiary/aromatic N) is 4. The molecule has 11 heteroatoms. The molecule has 0 aliphatic carbocycles. The Morgan fingerprint density at radius 3 is 2.85 bits per heavy atom. The van der Waals surface area contributed by atoms with Crippen LogP contribution in [0.5, 0.6) is 5.88 Å². The fraction of sp³-hybridized carbons (Fsp3) is 0.438. The molecule has 146 valence electrons. The first kappa shape index (κ1) is 19.5. The number of ether oxygens (including phenoxy) is 2. The van der Waals surface area contributed by atoms with Gasteiger partial charge >= 0.3 is 5.97 Å². The van der Waals surface area contributed by atoms with Gasteiger partial charge in [0.15, 0.2) is 5.82 Å². The maximum absolute atomic E-state index is 12.9. The summed E-state index contributed by atoms with van der Waals surface area (Å²) in [6.45, 7) is 0.469. The quantitative estimate of drug-likeness (QED) is 0.653. The lowest BCUT2D eigenvalue weighted by Gasteiger charge is -2.17. The van der Waals surface area contributed by atoms with Crippen LogP contribution < -0.4 is 9.64 Å². The van der Waals surface area contributed by atoms with E-state index in [4.69, 9.17) is 4.74 Å². The Kier molecular flexibility index (Phi) is 5.63. The number of hydrogen-bond acceptors (Lipinski definition) is 9. The smallest absolute Gasteiger partial charge is 0.349 e. The molecule has 0 N–H and O–H groups in total. The van der Waals surface area contributed by atoms with E-state index in [0.717, 1.165) is 11.3 Å². The van der Waals surface area contributed by atoms with E-state index in [2.05, 4.69) is 14.7 Å². The molecule has 0 aromatic carbocycles. The van der Waals surface area contributed by atoms with Crippen molar-refractivity contribution in [2.45, 2.75) is 17.4 Å². The molecule has 1 saturated heterocycles. The summed E-state index contributed by atoms with van der Waals surface area (Å²) in [6, 6.07) is 1.42. The van der Waals surface area contributed by atoms with Gasteiger partial charge in [-0.3, -0.25) is 4.98 Å². The lowest BCUT2D eigenvalue weighted by Crippen LogP contribution is -2.31. The van der Waals surface area contributed by atoms with Gasteiger partial charge in [0, 0.05) is 20.6 Å². The molecule has 0 spiro atoms. The molecule has 1 aliphatic rings. The molecule has 0 amide bonds. The molecule has 27 heavy (non-hydrogen) atoms. The summed E-state index contributed by atoms with van der Waals surface area (Å²) in [5.41, 5.74) is 0. The number of methoxy groups -OCH3 is 1. The van der Waals surface area contributed by atoms with Crippen molar-refractivity contribution in [3.63, 3.8) is 0 Å². The Hall–Kier alpha value is -2.24. The maximum atomic E-state index is 12.9. The highest BCUT2D eigenvalue weighted by Gasteiger charge is 2.36. The third kappa shape index (κ3) is 4.04. The summed E-state index contributed by atoms with van der Waals surface area (Å²) in [5, 5.41) is 1.56. The standard InChI is InChI=1S/C16H20N4O5S2/c1-19(2)13-8-17-9-14(18-13)25-11-4-6-20(10-11)27(22,23)12-5-7-26-15(12)16(21)24-3/h5,7-9,11H,4,6,10H2,1-3H3. The largest absolute Gasteiger partial charge is 0.472 e. The minimum Gasteiger partial charge on any atom is -0.472 e. The van der Waals surface area contributed by atoms with Gasteiger partial charge in [-0.25, -0.2) is 13.2 Å². The molecule has 9 nitrogen and oxygen atoms in total. The molecule has 0 radical (unpaired) electrons. The zero-order chi connectivity index (χ0) is 19.6. The van der Waals surface area contributed by atoms with Crippen LogP contribution in [0.2, 0.25) is 0 Å². The van der Waals surface area contributed by atoms with Crippen LogP contribution in [0.25, 0.3) is 0 Å². The number of carbonyl (C=O) groups is 1. The van der Waals surface area contributed by atoms with Crippen LogP contribution in [-0.4, -0.2) is 69.1 Å². The average Bonchev–Trinajstić information content (AvgIpc) is 3.31. The summed E-state index contributed by atoms with van der Waals surface area (Å²) in [4.78, 5) is 22.1. The van der Waals surface area contributed by atoms with E-state index in [1.807, 2.05) is 14.1 Å². The average molecular weight is 412 g/mol. The van der Waals surface area contributed by atoms with Crippen molar-refractivity contribution < 1.29 is 22.7 Å². The van der Waals surface area contributed by atoms with Gasteiger partial charge in [0.25, 0.3) is 0 Å². The summed E-state index contributed by atoms with van der Waals surface area (Å²) in [6.07, 6.45) is 3.29. The third-order valence-electron chi connectivity index (χ3n) is 4.07. The van der Waals surface area contributed by atoms with E-state index >= 15 is 0 Å². The second-order valence-corrected chi connectivity index (χ2v) is 8.93. The van der Waals surface area contributed by atoms with E-state index in [1.165, 1.54) is 23.7 Å². The highest BCUT2D eigenvalue weighted by molar-refractivity contribution is 7.89. The lowest BCUT2D eigenvalue weighted by atomic mass is 10.3. The second kappa shape index (κ2) is 7.79. The highest BCUT2D eigenvalue weighted by Crippen LogP contribution is 2.29. The van der Waals surface area contributed by atoms with Gasteiger partial charge in [0.2, 0.25) is 15.9 Å². The van der Waals surface area contributed by atoms with Crippen molar-refractivity contribution in [2.24, 2.45) is 0 Å². The van der Waals surface area contributed by atoms with Gasteiger partial charge in [-0.1, -0.05) is 0 Å². The molecule has 1 atom stereocenters. The fourth-order valence-electron chi connectivity index (χ4n) is 2.67. The van der Waals surface area contributed by atoms with Gasteiger partial charge in [0.1, 0.15) is 15.9 Å². The molecule has 0 bridgehead atoms. The predicted octanol–water partition coefficient (Wildman–Crippen LogP) is 1.23. The summed E-state index contributed by atoms with van der Waals surface area (Å²) in [5.74, 6) is 0.332. The number of thiophene rings is 1. The van der Waals surface area contributed by atoms with Gasteiger partial charge in [-0.05, 0) is 17.9 Å². The molecule has 1 unspecified atom stereocenters. The summed E-state index contributed by atoms with van der Waals surface area (Å²) < 4.78 is 37.6. The lowest BCUT2D eigenvalue weighted by molar-refractivity contribution is 0.0602. The van der Waals surface area contributed by atoms with E-state index in [-0.39, 0.29) is 22.4 Å². The number of carbonyl (C=O) groups excluding carboxylic acids is 1. The minimum atomic E-state index is -3.81. The predicted molar refractivity (Wildman–Crippen MR) is 99.8 cm³/mol. The Bertz CT molecular complexity index is 928. The van der Waals surface area contributed by atoms with E-state index in [9.17, 15) is 13.2 Å². The first-order chi connectivity index (χ1) is 12.8. The Morgan fingerprint density at radius 2 is 2.15 bits per heavy atom. The summed E-state index contributed by atoms with van der Waals surface area (Å²) >= 11 is 1.04. The Morgan fingerprint density at radius 1 is 1.37 bits per heavy atom. The van der Waals surface area contributed by atoms with Gasteiger partial charge in [0.05, 0.1) is 26.0 Å². The van der Waals surface area contributed by atoms with E-state index in [0.29, 0.717) is 24.7 Å². The van der Waals surface area contributed by atoms with Crippen molar-refractivity contribution in [2.75, 3.05) is 39.2 Å². The molecule has 3 heterocycles. The van der Waals surface area contributed by atoms with Crippen molar-refractivity contribution in [3.8, 4) is 5.88 Å². The molecule has 0 saturated carbocycles. The van der Waals surface area contributed by atoms with Crippen LogP contribution >= 0.6 is 11.3 Å². The minimum absolute atomic E-state index is 0.0330. The van der Waals surface area contributed by atoms with Crippen LogP contribution in [-0.2, 0) is 14.8 Å². The topological polar surface area (TPSA) is 102 Å². The maximum Gasteiger partial charge on any atom is 0.349 e. The molecule has 1 fully saturated rings. The van der Waals surface area contributed by atoms with Crippen molar-refractivity contribution in [1.29, 1.82) is 0 Å². The van der Waals surface area contributed by atoms with Gasteiger partial charge in [-0.15, -0.1) is 11.3 Å². The summed E-state index contributed by atoms with van der Waals surface area (Å²) in [7, 11) is 1.10. The van der Waals surface area contributed by atoms with Gasteiger partial charge < -0.3 is 14.4 Å². The zero-order valence-corrected chi connectivity index (χ0v) is 16.8. The Labute approximate surface area is 161 Å². The van der Waals surface area contributed by atoms with Crippen molar-refractivity contribution in [1.82, 2.24) is 14.3 Å². The van der Waals surface area contributed by atoms with Crippen molar-refractivity contribution >= 4 is 33.1 Å². The van der Waals surface area contributed by atoms with E-state index < -0.39 is 16.0 Å². The van der Waals surface area contributed by atoms with Gasteiger partial charge in [-0.2, -0.15) is 9.29 Å². The number of sulfonamides is 1. The third-order valence-corrected chi connectivity index (χ3v) is 7.00. The van der Waals surface area contributed by atoms with Crippen LogP contribution in [0, 0.1) is 0 Å². The van der Waals surface area contributed by atoms with Crippen LogP contribution in [0.1, 0.15) is 16.1 Å². The molecular weight excluding hydrogens is 392 g/mol. The monoisotopic (exact) mass is 412 g/mol. The first-order valence-electron chi connectivity index (χ1n) is 8.15. The molecule has 1 aliphatic heterocycles. The zero-order valence-electron chi connectivity index (χ0n) is 15.2. The van der Waals surface area contributed by atoms with Crippen molar-refractivity contribution in [3.05, 3.63) is 28.7 Å². The SMILES string of the molecule is COC(=O)c1sccc1S(=O)(=O)N1CCC(Oc2cncc(N(C)C)n2)C1. The Balaban J connectivity index is 1.73. The first-order valence-corrected chi connectivity index (χ1v) is 10.5. The van der Waals surface area contributed by atoms with Crippen LogP contribution in [0.4, 0.5) is 5.82 Å². The number of hydrogen-bond donors (Lipinski definition) is 0. The molecular formula is C16H20N4O5S2. The number of anilines is 1. The van der Waals surface area contributed by atoms with E-state index in [1.54, 1.807) is 16.5 Å². The highest BCUT2D eigenvalue weighted by atomic mass is 32.2. The molecule has 3 rings (SSSR count). The molecule has 2 aromatic heterocycles.